The minimum atomic E-state index is -0.193. The van der Waals surface area contributed by atoms with Crippen LogP contribution in [0.3, 0.4) is 0 Å². The molecule has 0 saturated carbocycles. The van der Waals surface area contributed by atoms with Gasteiger partial charge in [-0.05, 0) is 72.9 Å². The molecule has 1 unspecified atom stereocenters. The highest BCUT2D eigenvalue weighted by Gasteiger charge is 2.34. The summed E-state index contributed by atoms with van der Waals surface area (Å²) in [5.41, 5.74) is 4.34. The number of carbonyl (C=O) groups is 2. The Morgan fingerprint density at radius 2 is 1.72 bits per heavy atom. The molecule has 0 spiro atoms. The molecule has 0 bridgehead atoms. The summed E-state index contributed by atoms with van der Waals surface area (Å²) in [6, 6.07) is 16.9. The number of amides is 2. The molecule has 2 aromatic carbocycles. The van der Waals surface area contributed by atoms with E-state index in [0.29, 0.717) is 22.0 Å². The van der Waals surface area contributed by atoms with E-state index in [1.165, 1.54) is 4.88 Å². The summed E-state index contributed by atoms with van der Waals surface area (Å²) in [6.45, 7) is 8.83. The Hall–Kier alpha value is -2.92. The van der Waals surface area contributed by atoms with E-state index in [0.717, 1.165) is 36.1 Å². The normalized spacial score (nSPS) is 15.7. The van der Waals surface area contributed by atoms with E-state index < -0.39 is 0 Å². The van der Waals surface area contributed by atoms with Crippen molar-refractivity contribution in [3.8, 4) is 0 Å². The first-order valence-corrected chi connectivity index (χ1v) is 11.9. The van der Waals surface area contributed by atoms with Gasteiger partial charge in [0.15, 0.2) is 0 Å². The third kappa shape index (κ3) is 4.78. The van der Waals surface area contributed by atoms with Crippen molar-refractivity contribution in [2.75, 3.05) is 10.6 Å². The van der Waals surface area contributed by atoms with Crippen LogP contribution in [-0.4, -0.2) is 11.8 Å². The number of rotatable bonds is 4. The average molecular weight is 447 g/mol. The van der Waals surface area contributed by atoms with Crippen LogP contribution in [0.4, 0.5) is 10.7 Å². The minimum absolute atomic E-state index is 0.161. The number of hydrogen-bond donors (Lipinski definition) is 2. The van der Waals surface area contributed by atoms with Gasteiger partial charge in [0.25, 0.3) is 11.8 Å². The van der Waals surface area contributed by atoms with Crippen LogP contribution in [0.25, 0.3) is 0 Å². The van der Waals surface area contributed by atoms with Crippen molar-refractivity contribution in [3.63, 3.8) is 0 Å². The topological polar surface area (TPSA) is 58.2 Å². The highest BCUT2D eigenvalue weighted by Crippen LogP contribution is 2.44. The predicted octanol–water partition coefficient (Wildman–Crippen LogP) is 6.71. The first kappa shape index (κ1) is 22.3. The highest BCUT2D eigenvalue weighted by molar-refractivity contribution is 7.17. The van der Waals surface area contributed by atoms with Crippen LogP contribution in [-0.2, 0) is 12.8 Å². The molecular weight excluding hydrogens is 416 g/mol. The number of nitrogens with one attached hydrogen (secondary N) is 2. The Labute approximate surface area is 194 Å². The summed E-state index contributed by atoms with van der Waals surface area (Å²) >= 11 is 1.55. The molecule has 1 atom stereocenters. The molecule has 2 amide bonds. The van der Waals surface area contributed by atoms with Gasteiger partial charge in [-0.15, -0.1) is 11.3 Å². The Morgan fingerprint density at radius 1 is 0.969 bits per heavy atom. The number of carbonyl (C=O) groups excluding carboxylic acids is 2. The van der Waals surface area contributed by atoms with Crippen molar-refractivity contribution < 1.29 is 9.59 Å². The largest absolute Gasteiger partial charge is 0.322 e. The molecule has 1 aromatic heterocycles. The van der Waals surface area contributed by atoms with Gasteiger partial charge in [-0.25, -0.2) is 0 Å². The van der Waals surface area contributed by atoms with Crippen molar-refractivity contribution in [2.24, 2.45) is 11.3 Å². The lowest BCUT2D eigenvalue weighted by molar-refractivity contribution is 0.102. The lowest BCUT2D eigenvalue weighted by Gasteiger charge is -2.33. The van der Waals surface area contributed by atoms with Crippen LogP contribution in [0, 0.1) is 18.3 Å². The maximum atomic E-state index is 13.4. The van der Waals surface area contributed by atoms with E-state index >= 15 is 0 Å². The molecule has 4 rings (SSSR count). The number of benzene rings is 2. The van der Waals surface area contributed by atoms with Crippen molar-refractivity contribution in [3.05, 3.63) is 81.7 Å². The summed E-state index contributed by atoms with van der Waals surface area (Å²) in [5.74, 6) is 0.200. The van der Waals surface area contributed by atoms with Crippen molar-refractivity contribution in [1.82, 2.24) is 0 Å². The van der Waals surface area contributed by atoms with Gasteiger partial charge in [-0.2, -0.15) is 0 Å². The van der Waals surface area contributed by atoms with Gasteiger partial charge in [0.05, 0.1) is 5.56 Å². The van der Waals surface area contributed by atoms with Crippen LogP contribution in [0.2, 0.25) is 0 Å². The molecule has 166 valence electrons. The monoisotopic (exact) mass is 446 g/mol. The first-order chi connectivity index (χ1) is 15.2. The van der Waals surface area contributed by atoms with Gasteiger partial charge >= 0.3 is 0 Å². The summed E-state index contributed by atoms with van der Waals surface area (Å²) in [4.78, 5) is 27.5. The Kier molecular flexibility index (Phi) is 6.20. The van der Waals surface area contributed by atoms with Gasteiger partial charge in [0, 0.05) is 16.1 Å². The molecule has 3 aromatic rings. The number of fused-ring (bicyclic) bond motifs is 1. The smallest absolute Gasteiger partial charge is 0.258 e. The van der Waals surface area contributed by atoms with Gasteiger partial charge in [0.1, 0.15) is 5.00 Å². The Morgan fingerprint density at radius 3 is 2.41 bits per heavy atom. The van der Waals surface area contributed by atoms with Crippen LogP contribution in [0.5, 0.6) is 0 Å². The second-order valence-electron chi connectivity index (χ2n) is 9.66. The summed E-state index contributed by atoms with van der Waals surface area (Å²) < 4.78 is 0. The molecular formula is C27H30N2O2S. The standard InChI is InChI=1S/C27H30N2O2S/c1-17-9-8-12-20(15-17)28-25(31)23-21-14-13-19(27(2,3)4)16-22(21)32-26(23)29-24(30)18-10-6-5-7-11-18/h5-12,15,19H,13-14,16H2,1-4H3,(H,28,31)(H,29,30). The maximum absolute atomic E-state index is 13.4. The molecule has 0 saturated heterocycles. The maximum Gasteiger partial charge on any atom is 0.258 e. The van der Waals surface area contributed by atoms with E-state index in [2.05, 4.69) is 31.4 Å². The SMILES string of the molecule is Cc1cccc(NC(=O)c2c(NC(=O)c3ccccc3)sc3c2CCC(C(C)(C)C)C3)c1. The fraction of sp³-hybridized carbons (Fsp3) is 0.333. The second kappa shape index (κ2) is 8.91. The molecule has 1 aliphatic carbocycles. The van der Waals surface area contributed by atoms with E-state index in [-0.39, 0.29) is 17.2 Å². The van der Waals surface area contributed by atoms with Crippen LogP contribution in [0.15, 0.2) is 54.6 Å². The summed E-state index contributed by atoms with van der Waals surface area (Å²) in [5, 5.41) is 6.72. The van der Waals surface area contributed by atoms with E-state index in [1.807, 2.05) is 49.4 Å². The number of thiophene rings is 1. The van der Waals surface area contributed by atoms with Gasteiger partial charge < -0.3 is 10.6 Å². The predicted molar refractivity (Wildman–Crippen MR) is 133 cm³/mol. The Balaban J connectivity index is 1.69. The molecule has 1 aliphatic rings. The quantitative estimate of drug-likeness (QED) is 0.468. The summed E-state index contributed by atoms with van der Waals surface area (Å²) in [7, 11) is 0. The third-order valence-electron chi connectivity index (χ3n) is 6.26. The average Bonchev–Trinajstić information content (AvgIpc) is 3.10. The summed E-state index contributed by atoms with van der Waals surface area (Å²) in [6.07, 6.45) is 2.84. The van der Waals surface area contributed by atoms with E-state index in [9.17, 15) is 9.59 Å². The zero-order valence-corrected chi connectivity index (χ0v) is 19.9. The zero-order chi connectivity index (χ0) is 22.9. The Bertz CT molecular complexity index is 1140. The fourth-order valence-electron chi connectivity index (χ4n) is 4.33. The lowest BCUT2D eigenvalue weighted by atomic mass is 9.72. The molecule has 0 fully saturated rings. The van der Waals surface area contributed by atoms with E-state index in [4.69, 9.17) is 0 Å². The van der Waals surface area contributed by atoms with Crippen molar-refractivity contribution >= 4 is 33.8 Å². The molecule has 0 radical (unpaired) electrons. The fourth-order valence-corrected chi connectivity index (χ4v) is 5.65. The van der Waals surface area contributed by atoms with Gasteiger partial charge in [-0.3, -0.25) is 9.59 Å². The molecule has 0 aliphatic heterocycles. The lowest BCUT2D eigenvalue weighted by Crippen LogP contribution is -2.27. The second-order valence-corrected chi connectivity index (χ2v) is 10.8. The highest BCUT2D eigenvalue weighted by atomic mass is 32.1. The van der Waals surface area contributed by atoms with Crippen molar-refractivity contribution in [2.45, 2.75) is 47.0 Å². The number of anilines is 2. The molecule has 32 heavy (non-hydrogen) atoms. The van der Waals surface area contributed by atoms with Gasteiger partial charge in [-0.1, -0.05) is 51.1 Å². The zero-order valence-electron chi connectivity index (χ0n) is 19.1. The minimum Gasteiger partial charge on any atom is -0.322 e. The van der Waals surface area contributed by atoms with E-state index in [1.54, 1.807) is 23.5 Å². The first-order valence-electron chi connectivity index (χ1n) is 11.1. The molecule has 1 heterocycles. The molecule has 2 N–H and O–H groups in total. The van der Waals surface area contributed by atoms with Crippen molar-refractivity contribution in [1.29, 1.82) is 0 Å². The molecule has 5 heteroatoms. The van der Waals surface area contributed by atoms with Gasteiger partial charge in [0.2, 0.25) is 0 Å². The van der Waals surface area contributed by atoms with Crippen LogP contribution in [0.1, 0.15) is 63.9 Å². The molecule has 4 nitrogen and oxygen atoms in total. The number of aryl methyl sites for hydroxylation is 1. The van der Waals surface area contributed by atoms with Crippen LogP contribution >= 0.6 is 11.3 Å². The number of hydrogen-bond acceptors (Lipinski definition) is 3. The third-order valence-corrected chi connectivity index (χ3v) is 7.43. The van der Waals surface area contributed by atoms with Crippen LogP contribution < -0.4 is 10.6 Å².